The lowest BCUT2D eigenvalue weighted by atomic mass is 10.1. The highest BCUT2D eigenvalue weighted by Gasteiger charge is 2.00. The molecule has 0 bridgehead atoms. The molecule has 2 nitrogen and oxygen atoms in total. The normalized spacial score (nSPS) is 9.73. The molecule has 0 fully saturated rings. The van der Waals surface area contributed by atoms with Gasteiger partial charge in [-0.15, -0.1) is 0 Å². The Labute approximate surface area is 94.9 Å². The molecule has 0 atom stereocenters. The number of thiocarbonyl (C=S) groups is 1. The van der Waals surface area contributed by atoms with Crippen molar-refractivity contribution in [3.8, 4) is 0 Å². The minimum absolute atomic E-state index is 0.159. The Bertz CT molecular complexity index is 328. The smallest absolute Gasteiger partial charge is 0.166 e. The summed E-state index contributed by atoms with van der Waals surface area (Å²) in [5, 5.41) is 6.61. The Hall–Kier alpha value is -1.16. The Morgan fingerprint density at radius 2 is 2.07 bits per heavy atom. The van der Waals surface area contributed by atoms with Crippen molar-refractivity contribution in [3.05, 3.63) is 35.6 Å². The molecule has 1 aromatic rings. The maximum absolute atomic E-state index is 13.2. The lowest BCUT2D eigenvalue weighted by Gasteiger charge is -2.08. The molecule has 0 spiro atoms. The highest BCUT2D eigenvalue weighted by atomic mass is 32.1. The summed E-state index contributed by atoms with van der Waals surface area (Å²) in [6.45, 7) is 3.42. The van der Waals surface area contributed by atoms with Crippen LogP contribution in [0.25, 0.3) is 0 Å². The van der Waals surface area contributed by atoms with Crippen molar-refractivity contribution in [3.63, 3.8) is 0 Å². The molecule has 0 saturated carbocycles. The highest BCUT2D eigenvalue weighted by molar-refractivity contribution is 7.80. The maximum Gasteiger partial charge on any atom is 0.166 e. The molecule has 0 aliphatic rings. The van der Waals surface area contributed by atoms with Gasteiger partial charge >= 0.3 is 0 Å². The second kappa shape index (κ2) is 6.35. The van der Waals surface area contributed by atoms with Crippen LogP contribution in [0.1, 0.15) is 12.5 Å². The first-order valence-electron chi connectivity index (χ1n) is 4.99. The second-order valence-electron chi connectivity index (χ2n) is 3.13. The van der Waals surface area contributed by atoms with Gasteiger partial charge in [0.1, 0.15) is 5.82 Å². The van der Waals surface area contributed by atoms with E-state index in [1.54, 1.807) is 12.1 Å². The predicted octanol–water partition coefficient (Wildman–Crippen LogP) is 1.85. The average Bonchev–Trinajstić information content (AvgIpc) is 2.21. The Morgan fingerprint density at radius 3 is 2.73 bits per heavy atom. The van der Waals surface area contributed by atoms with Crippen molar-refractivity contribution in [1.82, 2.24) is 10.6 Å². The molecule has 15 heavy (non-hydrogen) atoms. The van der Waals surface area contributed by atoms with Crippen LogP contribution >= 0.6 is 12.2 Å². The van der Waals surface area contributed by atoms with Gasteiger partial charge in [0.25, 0.3) is 0 Å². The number of rotatable bonds is 4. The molecule has 1 rings (SSSR count). The van der Waals surface area contributed by atoms with Gasteiger partial charge < -0.3 is 10.6 Å². The average molecular weight is 226 g/mol. The van der Waals surface area contributed by atoms with Crippen molar-refractivity contribution in [1.29, 1.82) is 0 Å². The van der Waals surface area contributed by atoms with E-state index >= 15 is 0 Å². The van der Waals surface area contributed by atoms with E-state index in [1.807, 2.05) is 13.0 Å². The van der Waals surface area contributed by atoms with Gasteiger partial charge in [-0.25, -0.2) is 4.39 Å². The number of hydrogen-bond donors (Lipinski definition) is 2. The minimum Gasteiger partial charge on any atom is -0.363 e. The fraction of sp³-hybridized carbons (Fsp3) is 0.364. The molecule has 0 radical (unpaired) electrons. The molecule has 0 aliphatic heterocycles. The Balaban J connectivity index is 2.32. The molecule has 2 N–H and O–H groups in total. The van der Waals surface area contributed by atoms with Crippen LogP contribution in [-0.2, 0) is 6.42 Å². The topological polar surface area (TPSA) is 24.1 Å². The van der Waals surface area contributed by atoms with Crippen LogP contribution in [0.15, 0.2) is 24.3 Å². The number of nitrogens with one attached hydrogen (secondary N) is 2. The van der Waals surface area contributed by atoms with Crippen molar-refractivity contribution in [2.45, 2.75) is 13.3 Å². The molecule has 0 amide bonds. The van der Waals surface area contributed by atoms with Crippen LogP contribution in [0.3, 0.4) is 0 Å². The van der Waals surface area contributed by atoms with Crippen LogP contribution in [-0.4, -0.2) is 18.2 Å². The van der Waals surface area contributed by atoms with Gasteiger partial charge in [-0.05, 0) is 37.2 Å². The third-order valence-corrected chi connectivity index (χ3v) is 2.26. The minimum atomic E-state index is -0.159. The molecular weight excluding hydrogens is 211 g/mol. The summed E-state index contributed by atoms with van der Waals surface area (Å²) in [6, 6.07) is 6.78. The summed E-state index contributed by atoms with van der Waals surface area (Å²) in [4.78, 5) is 0. The van der Waals surface area contributed by atoms with Gasteiger partial charge in [0.05, 0.1) is 0 Å². The third kappa shape index (κ3) is 4.25. The van der Waals surface area contributed by atoms with Crippen LogP contribution < -0.4 is 10.6 Å². The zero-order chi connectivity index (χ0) is 11.1. The number of hydrogen-bond acceptors (Lipinski definition) is 1. The van der Waals surface area contributed by atoms with E-state index in [4.69, 9.17) is 12.2 Å². The van der Waals surface area contributed by atoms with E-state index in [-0.39, 0.29) is 5.82 Å². The lowest BCUT2D eigenvalue weighted by molar-refractivity contribution is 0.607. The first kappa shape index (κ1) is 11.9. The first-order valence-corrected chi connectivity index (χ1v) is 5.40. The predicted molar refractivity (Wildman–Crippen MR) is 64.4 cm³/mol. The van der Waals surface area contributed by atoms with Crippen LogP contribution in [0.2, 0.25) is 0 Å². The summed E-state index contributed by atoms with van der Waals surface area (Å²) in [7, 11) is 0. The van der Waals surface area contributed by atoms with Gasteiger partial charge in [0, 0.05) is 13.1 Å². The quantitative estimate of drug-likeness (QED) is 0.766. The van der Waals surface area contributed by atoms with Crippen LogP contribution in [0.5, 0.6) is 0 Å². The zero-order valence-electron chi connectivity index (χ0n) is 8.72. The molecular formula is C11H15FN2S. The fourth-order valence-electron chi connectivity index (χ4n) is 1.23. The van der Waals surface area contributed by atoms with Gasteiger partial charge in [-0.2, -0.15) is 0 Å². The summed E-state index contributed by atoms with van der Waals surface area (Å²) in [6.07, 6.45) is 0.637. The van der Waals surface area contributed by atoms with E-state index in [1.165, 1.54) is 6.07 Å². The number of halogens is 1. The highest BCUT2D eigenvalue weighted by Crippen LogP contribution is 2.05. The van der Waals surface area contributed by atoms with E-state index in [2.05, 4.69) is 10.6 Å². The van der Waals surface area contributed by atoms with E-state index in [0.29, 0.717) is 23.6 Å². The zero-order valence-corrected chi connectivity index (χ0v) is 9.53. The van der Waals surface area contributed by atoms with Crippen molar-refractivity contribution in [2.75, 3.05) is 13.1 Å². The summed E-state index contributed by atoms with van der Waals surface area (Å²) in [5.41, 5.74) is 0.712. The molecule has 0 heterocycles. The first-order chi connectivity index (χ1) is 7.24. The Morgan fingerprint density at radius 1 is 1.33 bits per heavy atom. The van der Waals surface area contributed by atoms with Crippen molar-refractivity contribution in [2.24, 2.45) is 0 Å². The largest absolute Gasteiger partial charge is 0.363 e. The summed E-state index contributed by atoms with van der Waals surface area (Å²) in [5.74, 6) is -0.159. The second-order valence-corrected chi connectivity index (χ2v) is 3.54. The van der Waals surface area contributed by atoms with E-state index in [9.17, 15) is 4.39 Å². The lowest BCUT2D eigenvalue weighted by Crippen LogP contribution is -2.36. The van der Waals surface area contributed by atoms with Crippen LogP contribution in [0, 0.1) is 5.82 Å². The van der Waals surface area contributed by atoms with Gasteiger partial charge in [-0.1, -0.05) is 18.2 Å². The molecule has 0 saturated heterocycles. The summed E-state index contributed by atoms with van der Waals surface area (Å²) >= 11 is 4.99. The van der Waals surface area contributed by atoms with E-state index in [0.717, 1.165) is 6.54 Å². The van der Waals surface area contributed by atoms with Gasteiger partial charge in [-0.3, -0.25) is 0 Å². The molecule has 0 aromatic heterocycles. The molecule has 4 heteroatoms. The summed E-state index contributed by atoms with van der Waals surface area (Å²) < 4.78 is 13.2. The van der Waals surface area contributed by atoms with Gasteiger partial charge in [0.15, 0.2) is 5.11 Å². The van der Waals surface area contributed by atoms with Gasteiger partial charge in [0.2, 0.25) is 0 Å². The number of benzene rings is 1. The monoisotopic (exact) mass is 226 g/mol. The van der Waals surface area contributed by atoms with Crippen molar-refractivity contribution < 1.29 is 4.39 Å². The standard InChI is InChI=1S/C11H15FN2S/c1-2-13-11(15)14-8-7-9-5-3-4-6-10(9)12/h3-6H,2,7-8H2,1H3,(H2,13,14,15). The fourth-order valence-corrected chi connectivity index (χ4v) is 1.48. The third-order valence-electron chi connectivity index (χ3n) is 1.98. The molecule has 1 aromatic carbocycles. The molecule has 82 valence electrons. The SMILES string of the molecule is CCNC(=S)NCCc1ccccc1F. The Kier molecular flexibility index (Phi) is 5.04. The van der Waals surface area contributed by atoms with E-state index < -0.39 is 0 Å². The molecule has 0 aliphatic carbocycles. The maximum atomic E-state index is 13.2. The molecule has 0 unspecified atom stereocenters. The van der Waals surface area contributed by atoms with Crippen molar-refractivity contribution >= 4 is 17.3 Å². The van der Waals surface area contributed by atoms with Crippen LogP contribution in [0.4, 0.5) is 4.39 Å².